The molecule has 5 nitrogen and oxygen atoms in total. The lowest BCUT2D eigenvalue weighted by molar-refractivity contribution is 0.0698. The summed E-state index contributed by atoms with van der Waals surface area (Å²) >= 11 is 0. The average molecular weight is 280 g/mol. The van der Waals surface area contributed by atoms with Gasteiger partial charge in [0.25, 0.3) is 0 Å². The molecule has 2 N–H and O–H groups in total. The van der Waals surface area contributed by atoms with E-state index >= 15 is 0 Å². The fourth-order valence-corrected chi connectivity index (χ4v) is 2.27. The van der Waals surface area contributed by atoms with Crippen LogP contribution in [0.25, 0.3) is 0 Å². The van der Waals surface area contributed by atoms with E-state index in [0.717, 1.165) is 43.9 Å². The normalized spacial score (nSPS) is 15.6. The first-order valence-corrected chi connectivity index (χ1v) is 6.66. The van der Waals surface area contributed by atoms with Gasteiger partial charge in [-0.2, -0.15) is 0 Å². The van der Waals surface area contributed by atoms with Gasteiger partial charge in [-0.25, -0.2) is 14.0 Å². The molecule has 0 atom stereocenters. The number of anilines is 1. The van der Waals surface area contributed by atoms with E-state index in [9.17, 15) is 14.0 Å². The Hall–Kier alpha value is -2.11. The highest BCUT2D eigenvalue weighted by atomic mass is 19.1. The second kappa shape index (κ2) is 6.36. The quantitative estimate of drug-likeness (QED) is 0.875. The molecule has 1 aromatic carbocycles. The second-order valence-electron chi connectivity index (χ2n) is 4.83. The van der Waals surface area contributed by atoms with Crippen molar-refractivity contribution in [2.75, 3.05) is 18.4 Å². The second-order valence-corrected chi connectivity index (χ2v) is 4.83. The largest absolute Gasteiger partial charge is 0.478 e. The van der Waals surface area contributed by atoms with E-state index < -0.39 is 11.8 Å². The third-order valence-corrected chi connectivity index (χ3v) is 3.35. The molecular formula is C14H17FN2O3. The Morgan fingerprint density at radius 3 is 2.40 bits per heavy atom. The maximum absolute atomic E-state index is 13.2. The average Bonchev–Trinajstić information content (AvgIpc) is 2.67. The van der Waals surface area contributed by atoms with E-state index in [1.807, 2.05) is 0 Å². The summed E-state index contributed by atoms with van der Waals surface area (Å²) in [4.78, 5) is 24.8. The lowest BCUT2D eigenvalue weighted by Gasteiger charge is -2.21. The van der Waals surface area contributed by atoms with E-state index in [-0.39, 0.29) is 17.3 Å². The first-order chi connectivity index (χ1) is 9.58. The van der Waals surface area contributed by atoms with Crippen LogP contribution in [0.4, 0.5) is 14.9 Å². The number of carbonyl (C=O) groups excluding carboxylic acids is 1. The van der Waals surface area contributed by atoms with Crippen molar-refractivity contribution in [3.05, 3.63) is 29.6 Å². The zero-order valence-corrected chi connectivity index (χ0v) is 11.1. The number of hydrogen-bond acceptors (Lipinski definition) is 2. The molecule has 0 bridgehead atoms. The maximum atomic E-state index is 13.2. The first-order valence-electron chi connectivity index (χ1n) is 6.66. The van der Waals surface area contributed by atoms with Crippen LogP contribution in [0.3, 0.4) is 0 Å². The number of amides is 2. The molecule has 0 spiro atoms. The number of aromatic carboxylic acids is 1. The Bertz CT molecular complexity index is 511. The fourth-order valence-electron chi connectivity index (χ4n) is 2.27. The Morgan fingerprint density at radius 1 is 1.15 bits per heavy atom. The van der Waals surface area contributed by atoms with Gasteiger partial charge in [-0.1, -0.05) is 12.8 Å². The van der Waals surface area contributed by atoms with Crippen LogP contribution in [0, 0.1) is 5.82 Å². The van der Waals surface area contributed by atoms with E-state index in [2.05, 4.69) is 5.32 Å². The van der Waals surface area contributed by atoms with Crippen molar-refractivity contribution in [1.29, 1.82) is 0 Å². The molecular weight excluding hydrogens is 263 g/mol. The molecule has 0 aromatic heterocycles. The van der Waals surface area contributed by atoms with Gasteiger partial charge in [0, 0.05) is 13.1 Å². The highest BCUT2D eigenvalue weighted by Crippen LogP contribution is 2.19. The van der Waals surface area contributed by atoms with Crippen molar-refractivity contribution in [3.8, 4) is 0 Å². The SMILES string of the molecule is O=C(O)c1ccc(F)cc1NC(=O)N1CCCCCC1. The third kappa shape index (κ3) is 3.46. The molecule has 2 amide bonds. The van der Waals surface area contributed by atoms with Crippen molar-refractivity contribution >= 4 is 17.7 Å². The Labute approximate surface area is 116 Å². The Kier molecular flexibility index (Phi) is 4.55. The van der Waals surface area contributed by atoms with Crippen LogP contribution in [-0.2, 0) is 0 Å². The van der Waals surface area contributed by atoms with Gasteiger partial charge in [-0.05, 0) is 31.0 Å². The van der Waals surface area contributed by atoms with E-state index in [1.165, 1.54) is 0 Å². The van der Waals surface area contributed by atoms with Crippen molar-refractivity contribution < 1.29 is 19.1 Å². The summed E-state index contributed by atoms with van der Waals surface area (Å²) in [6.45, 7) is 1.28. The molecule has 0 saturated carbocycles. The predicted molar refractivity (Wildman–Crippen MR) is 72.4 cm³/mol. The molecule has 1 aliphatic heterocycles. The monoisotopic (exact) mass is 280 g/mol. The molecule has 1 aliphatic rings. The number of carboxylic acid groups (broad SMARTS) is 1. The van der Waals surface area contributed by atoms with Crippen LogP contribution < -0.4 is 5.32 Å². The maximum Gasteiger partial charge on any atom is 0.337 e. The van der Waals surface area contributed by atoms with Crippen molar-refractivity contribution in [1.82, 2.24) is 4.90 Å². The Balaban J connectivity index is 2.14. The number of carboxylic acids is 1. The summed E-state index contributed by atoms with van der Waals surface area (Å²) in [5, 5.41) is 11.5. The van der Waals surface area contributed by atoms with Gasteiger partial charge in [0.2, 0.25) is 0 Å². The van der Waals surface area contributed by atoms with Gasteiger partial charge in [0.1, 0.15) is 5.82 Å². The van der Waals surface area contributed by atoms with Crippen molar-refractivity contribution in [2.24, 2.45) is 0 Å². The Morgan fingerprint density at radius 2 is 1.80 bits per heavy atom. The minimum Gasteiger partial charge on any atom is -0.478 e. The topological polar surface area (TPSA) is 69.6 Å². The summed E-state index contributed by atoms with van der Waals surface area (Å²) in [6, 6.07) is 2.86. The number of likely N-dealkylation sites (tertiary alicyclic amines) is 1. The molecule has 1 saturated heterocycles. The smallest absolute Gasteiger partial charge is 0.337 e. The minimum absolute atomic E-state index is 0.00764. The number of rotatable bonds is 2. The molecule has 0 aliphatic carbocycles. The number of urea groups is 1. The van der Waals surface area contributed by atoms with Crippen LogP contribution in [-0.4, -0.2) is 35.1 Å². The number of nitrogens with one attached hydrogen (secondary N) is 1. The summed E-state index contributed by atoms with van der Waals surface area (Å²) in [5.74, 6) is -1.78. The van der Waals surface area contributed by atoms with Crippen LogP contribution >= 0.6 is 0 Å². The lowest BCUT2D eigenvalue weighted by atomic mass is 10.1. The molecule has 1 heterocycles. The van der Waals surface area contributed by atoms with E-state index in [1.54, 1.807) is 4.90 Å². The van der Waals surface area contributed by atoms with Gasteiger partial charge < -0.3 is 15.3 Å². The predicted octanol–water partition coefficient (Wildman–Crippen LogP) is 2.93. The van der Waals surface area contributed by atoms with Crippen LogP contribution in [0.5, 0.6) is 0 Å². The lowest BCUT2D eigenvalue weighted by Crippen LogP contribution is -2.36. The van der Waals surface area contributed by atoms with Crippen molar-refractivity contribution in [3.63, 3.8) is 0 Å². The first kappa shape index (κ1) is 14.3. The molecule has 108 valence electrons. The molecule has 1 fully saturated rings. The molecule has 0 unspecified atom stereocenters. The van der Waals surface area contributed by atoms with Gasteiger partial charge in [0.05, 0.1) is 11.3 Å². The van der Waals surface area contributed by atoms with Gasteiger partial charge in [0.15, 0.2) is 0 Å². The number of halogens is 1. The molecule has 6 heteroatoms. The number of hydrogen-bond donors (Lipinski definition) is 2. The van der Waals surface area contributed by atoms with Gasteiger partial charge in [-0.3, -0.25) is 0 Å². The van der Waals surface area contributed by atoms with Gasteiger partial charge in [-0.15, -0.1) is 0 Å². The number of benzene rings is 1. The highest BCUT2D eigenvalue weighted by Gasteiger charge is 2.18. The zero-order chi connectivity index (χ0) is 14.5. The van der Waals surface area contributed by atoms with Crippen LogP contribution in [0.2, 0.25) is 0 Å². The molecule has 0 radical (unpaired) electrons. The summed E-state index contributed by atoms with van der Waals surface area (Å²) in [7, 11) is 0. The van der Waals surface area contributed by atoms with E-state index in [4.69, 9.17) is 5.11 Å². The van der Waals surface area contributed by atoms with Crippen LogP contribution in [0.15, 0.2) is 18.2 Å². The van der Waals surface area contributed by atoms with Gasteiger partial charge >= 0.3 is 12.0 Å². The fraction of sp³-hybridized carbons (Fsp3) is 0.429. The number of nitrogens with zero attached hydrogens (tertiary/aromatic N) is 1. The summed E-state index contributed by atoms with van der Waals surface area (Å²) < 4.78 is 13.2. The summed E-state index contributed by atoms with van der Waals surface area (Å²) in [6.07, 6.45) is 4.04. The standard InChI is InChI=1S/C14H17FN2O3/c15-10-5-6-11(13(18)19)12(9-10)16-14(20)17-7-3-1-2-4-8-17/h5-6,9H,1-4,7-8H2,(H,16,20)(H,18,19). The highest BCUT2D eigenvalue weighted by molar-refractivity contribution is 6.00. The number of carbonyl (C=O) groups is 2. The molecule has 2 rings (SSSR count). The molecule has 20 heavy (non-hydrogen) atoms. The van der Waals surface area contributed by atoms with E-state index in [0.29, 0.717) is 13.1 Å². The minimum atomic E-state index is -1.20. The van der Waals surface area contributed by atoms with Crippen LogP contribution in [0.1, 0.15) is 36.0 Å². The zero-order valence-electron chi connectivity index (χ0n) is 11.1. The summed E-state index contributed by atoms with van der Waals surface area (Å²) in [5.41, 5.74) is -0.124. The third-order valence-electron chi connectivity index (χ3n) is 3.35. The van der Waals surface area contributed by atoms with Crippen molar-refractivity contribution in [2.45, 2.75) is 25.7 Å². The molecule has 1 aromatic rings.